The largest absolute Gasteiger partial charge is 0.377 e. The van der Waals surface area contributed by atoms with Gasteiger partial charge in [-0.1, -0.05) is 27.7 Å². The van der Waals surface area contributed by atoms with Gasteiger partial charge in [-0.15, -0.1) is 0 Å². The Kier molecular flexibility index (Phi) is 16.0. The molecule has 0 aromatic heterocycles. The first-order chi connectivity index (χ1) is 11.9. The van der Waals surface area contributed by atoms with E-state index in [-0.39, 0.29) is 36.6 Å². The van der Waals surface area contributed by atoms with Crippen molar-refractivity contribution >= 4 is 11.6 Å². The summed E-state index contributed by atoms with van der Waals surface area (Å²) in [5.74, 6) is 0.205. The number of rotatable bonds is 18. The van der Waals surface area contributed by atoms with Crippen LogP contribution >= 0.6 is 0 Å². The van der Waals surface area contributed by atoms with Crippen molar-refractivity contribution in [2.45, 2.75) is 27.7 Å². The summed E-state index contributed by atoms with van der Waals surface area (Å²) in [5, 5.41) is 0. The molecule has 0 aromatic carbocycles. The number of hydrogen-bond acceptors (Lipinski definition) is 7. The molecule has 25 heavy (non-hydrogen) atoms. The molecule has 0 saturated carbocycles. The van der Waals surface area contributed by atoms with Crippen molar-refractivity contribution in [2.24, 2.45) is 11.8 Å². The van der Waals surface area contributed by atoms with Crippen LogP contribution in [0, 0.1) is 11.8 Å². The highest BCUT2D eigenvalue weighted by Crippen LogP contribution is 1.95. The van der Waals surface area contributed by atoms with Gasteiger partial charge in [0.2, 0.25) is 0 Å². The summed E-state index contributed by atoms with van der Waals surface area (Å²) < 4.78 is 26.4. The van der Waals surface area contributed by atoms with E-state index in [0.29, 0.717) is 52.9 Å². The third kappa shape index (κ3) is 16.4. The maximum absolute atomic E-state index is 11.3. The second kappa shape index (κ2) is 16.6. The Bertz CT molecular complexity index is 310. The van der Waals surface area contributed by atoms with Crippen molar-refractivity contribution in [1.29, 1.82) is 0 Å². The van der Waals surface area contributed by atoms with Crippen molar-refractivity contribution in [1.82, 2.24) is 0 Å². The minimum Gasteiger partial charge on any atom is -0.377 e. The van der Waals surface area contributed by atoms with E-state index in [1.807, 2.05) is 27.7 Å². The molecule has 0 saturated heterocycles. The molecule has 0 heterocycles. The van der Waals surface area contributed by atoms with Gasteiger partial charge in [0.05, 0.1) is 52.9 Å². The maximum Gasteiger partial charge on any atom is 0.160 e. The summed E-state index contributed by atoms with van der Waals surface area (Å²) in [5.41, 5.74) is 0. The number of hydrogen-bond donors (Lipinski definition) is 0. The Labute approximate surface area is 151 Å². The molecule has 0 N–H and O–H groups in total. The highest BCUT2D eigenvalue weighted by atomic mass is 16.6. The quantitative estimate of drug-likeness (QED) is 0.342. The Hall–Kier alpha value is -0.860. The molecule has 0 spiro atoms. The molecular weight excluding hydrogens is 328 g/mol. The SMILES string of the molecule is CC(C)C(=O)COCCOCCOCCOCCOCC(=O)C(C)C. The lowest BCUT2D eigenvalue weighted by Crippen LogP contribution is -2.18. The lowest BCUT2D eigenvalue weighted by Gasteiger charge is -2.08. The van der Waals surface area contributed by atoms with Crippen molar-refractivity contribution in [3.05, 3.63) is 0 Å². The zero-order chi connectivity index (χ0) is 18.9. The van der Waals surface area contributed by atoms with E-state index < -0.39 is 0 Å². The minimum atomic E-state index is 0.00521. The van der Waals surface area contributed by atoms with Crippen LogP contribution in [0.4, 0.5) is 0 Å². The standard InChI is InChI=1S/C18H34O7/c1-15(2)17(19)13-24-11-9-22-7-5-21-6-8-23-10-12-25-14-18(20)16(3)4/h15-16H,5-14H2,1-4H3. The van der Waals surface area contributed by atoms with Gasteiger partial charge in [0.15, 0.2) is 11.6 Å². The van der Waals surface area contributed by atoms with E-state index in [1.165, 1.54) is 0 Å². The lowest BCUT2D eigenvalue weighted by molar-refractivity contribution is -0.127. The number of Topliss-reactive ketones (excluding diaryl/α,β-unsaturated/α-hetero) is 2. The number of ether oxygens (including phenoxy) is 5. The fourth-order valence-corrected chi connectivity index (χ4v) is 1.46. The van der Waals surface area contributed by atoms with Crippen LogP contribution in [-0.4, -0.2) is 77.6 Å². The van der Waals surface area contributed by atoms with Crippen LogP contribution in [0.25, 0.3) is 0 Å². The van der Waals surface area contributed by atoms with Crippen molar-refractivity contribution in [3.8, 4) is 0 Å². The van der Waals surface area contributed by atoms with Gasteiger partial charge in [0, 0.05) is 11.8 Å². The molecule has 0 amide bonds. The van der Waals surface area contributed by atoms with Crippen LogP contribution in [0.5, 0.6) is 0 Å². The first kappa shape index (κ1) is 24.1. The Morgan fingerprint density at radius 3 is 1.00 bits per heavy atom. The second-order valence-electron chi connectivity index (χ2n) is 6.18. The molecule has 148 valence electrons. The van der Waals surface area contributed by atoms with Crippen molar-refractivity contribution in [2.75, 3.05) is 66.1 Å². The van der Waals surface area contributed by atoms with Gasteiger partial charge in [0.25, 0.3) is 0 Å². The number of carbonyl (C=O) groups is 2. The molecule has 0 fully saturated rings. The molecule has 0 radical (unpaired) electrons. The highest BCUT2D eigenvalue weighted by Gasteiger charge is 2.07. The summed E-state index contributed by atoms with van der Waals surface area (Å²) in [4.78, 5) is 22.6. The molecule has 7 nitrogen and oxygen atoms in total. The van der Waals surface area contributed by atoms with Gasteiger partial charge in [-0.05, 0) is 0 Å². The molecule has 0 aliphatic carbocycles. The number of carbonyl (C=O) groups excluding carboxylic acids is 2. The Balaban J connectivity index is 3.14. The average molecular weight is 362 g/mol. The molecule has 0 aliphatic heterocycles. The van der Waals surface area contributed by atoms with Gasteiger partial charge in [-0.25, -0.2) is 0 Å². The normalized spacial score (nSPS) is 11.4. The van der Waals surface area contributed by atoms with E-state index in [0.717, 1.165) is 0 Å². The maximum atomic E-state index is 11.3. The van der Waals surface area contributed by atoms with E-state index >= 15 is 0 Å². The molecular formula is C18H34O7. The third-order valence-corrected chi connectivity index (χ3v) is 3.26. The van der Waals surface area contributed by atoms with Gasteiger partial charge in [0.1, 0.15) is 13.2 Å². The predicted molar refractivity (Wildman–Crippen MR) is 93.8 cm³/mol. The Morgan fingerprint density at radius 2 is 0.760 bits per heavy atom. The minimum absolute atomic E-state index is 0.00521. The second-order valence-corrected chi connectivity index (χ2v) is 6.18. The third-order valence-electron chi connectivity index (χ3n) is 3.26. The molecule has 0 atom stereocenters. The first-order valence-corrected chi connectivity index (χ1v) is 8.89. The number of ketones is 2. The summed E-state index contributed by atoms with van der Waals surface area (Å²) in [7, 11) is 0. The van der Waals surface area contributed by atoms with Gasteiger partial charge < -0.3 is 23.7 Å². The fraction of sp³-hybridized carbons (Fsp3) is 0.889. The monoisotopic (exact) mass is 362 g/mol. The topological polar surface area (TPSA) is 80.3 Å². The van der Waals surface area contributed by atoms with Crippen LogP contribution in [-0.2, 0) is 33.3 Å². The Morgan fingerprint density at radius 1 is 0.520 bits per heavy atom. The molecule has 0 aromatic rings. The van der Waals surface area contributed by atoms with Crippen LogP contribution in [0.2, 0.25) is 0 Å². The molecule has 0 unspecified atom stereocenters. The van der Waals surface area contributed by atoms with Crippen LogP contribution < -0.4 is 0 Å². The van der Waals surface area contributed by atoms with Crippen LogP contribution in [0.15, 0.2) is 0 Å². The highest BCUT2D eigenvalue weighted by molar-refractivity contribution is 5.81. The smallest absolute Gasteiger partial charge is 0.160 e. The average Bonchev–Trinajstić information content (AvgIpc) is 2.57. The van der Waals surface area contributed by atoms with Crippen molar-refractivity contribution < 1.29 is 33.3 Å². The van der Waals surface area contributed by atoms with E-state index in [4.69, 9.17) is 23.7 Å². The van der Waals surface area contributed by atoms with Gasteiger partial charge in [-0.3, -0.25) is 9.59 Å². The van der Waals surface area contributed by atoms with Crippen LogP contribution in [0.1, 0.15) is 27.7 Å². The van der Waals surface area contributed by atoms with Crippen molar-refractivity contribution in [3.63, 3.8) is 0 Å². The van der Waals surface area contributed by atoms with Gasteiger partial charge in [-0.2, -0.15) is 0 Å². The van der Waals surface area contributed by atoms with E-state index in [9.17, 15) is 9.59 Å². The van der Waals surface area contributed by atoms with Gasteiger partial charge >= 0.3 is 0 Å². The van der Waals surface area contributed by atoms with Crippen LogP contribution in [0.3, 0.4) is 0 Å². The first-order valence-electron chi connectivity index (χ1n) is 8.89. The molecule has 0 aliphatic rings. The summed E-state index contributed by atoms with van der Waals surface area (Å²) in [6.45, 7) is 11.3. The summed E-state index contributed by atoms with van der Waals surface area (Å²) in [6.07, 6.45) is 0. The predicted octanol–water partition coefficient (Wildman–Crippen LogP) is 1.52. The molecule has 0 rings (SSSR count). The summed E-state index contributed by atoms with van der Waals surface area (Å²) in [6, 6.07) is 0. The molecule has 7 heteroatoms. The van der Waals surface area contributed by atoms with E-state index in [1.54, 1.807) is 0 Å². The van der Waals surface area contributed by atoms with E-state index in [2.05, 4.69) is 0 Å². The fourth-order valence-electron chi connectivity index (χ4n) is 1.46. The lowest BCUT2D eigenvalue weighted by atomic mass is 10.1. The molecule has 0 bridgehead atoms. The zero-order valence-electron chi connectivity index (χ0n) is 16.1. The summed E-state index contributed by atoms with van der Waals surface area (Å²) >= 11 is 0. The zero-order valence-corrected chi connectivity index (χ0v) is 16.1.